The summed E-state index contributed by atoms with van der Waals surface area (Å²) in [5, 5.41) is 3.29. The molecule has 86 valence electrons. The minimum atomic E-state index is 0.0755. The Morgan fingerprint density at radius 3 is 2.80 bits per heavy atom. The number of hydrogen-bond acceptors (Lipinski definition) is 3. The van der Waals surface area contributed by atoms with E-state index in [4.69, 9.17) is 0 Å². The van der Waals surface area contributed by atoms with Crippen molar-refractivity contribution < 1.29 is 4.79 Å². The average molecular weight is 211 g/mol. The number of fused-ring (bicyclic) bond motifs is 2. The van der Waals surface area contributed by atoms with Crippen molar-refractivity contribution in [2.45, 2.75) is 38.4 Å². The molecule has 2 heterocycles. The SMILES string of the molecule is CCN1C(C)C(=O)N2CC(NC)C[C@@H]1C2. The molecule has 1 amide bonds. The third-order valence-corrected chi connectivity index (χ3v) is 3.84. The van der Waals surface area contributed by atoms with Gasteiger partial charge in [-0.05, 0) is 26.9 Å². The van der Waals surface area contributed by atoms with Crippen molar-refractivity contribution in [1.82, 2.24) is 15.1 Å². The van der Waals surface area contributed by atoms with Gasteiger partial charge in [-0.3, -0.25) is 9.69 Å². The maximum Gasteiger partial charge on any atom is 0.239 e. The number of amides is 1. The van der Waals surface area contributed by atoms with Gasteiger partial charge in [0.25, 0.3) is 0 Å². The Bertz CT molecular complexity index is 256. The van der Waals surface area contributed by atoms with E-state index in [-0.39, 0.29) is 6.04 Å². The zero-order valence-electron chi connectivity index (χ0n) is 9.86. The predicted molar refractivity (Wildman–Crippen MR) is 59.7 cm³/mol. The number of nitrogens with one attached hydrogen (secondary N) is 1. The minimum Gasteiger partial charge on any atom is -0.338 e. The van der Waals surface area contributed by atoms with Gasteiger partial charge in [0.15, 0.2) is 0 Å². The second-order valence-electron chi connectivity index (χ2n) is 4.62. The number of rotatable bonds is 2. The standard InChI is InChI=1S/C11H21N3O/c1-4-14-8(2)11(15)13-6-9(12-3)5-10(14)7-13/h8-10,12H,4-7H2,1-3H3/t8?,9?,10-/m1/s1. The van der Waals surface area contributed by atoms with Crippen LogP contribution in [-0.2, 0) is 4.79 Å². The van der Waals surface area contributed by atoms with Crippen LogP contribution in [0.25, 0.3) is 0 Å². The number of piperidine rings is 1. The molecule has 2 aliphatic rings. The van der Waals surface area contributed by atoms with E-state index in [2.05, 4.69) is 17.1 Å². The van der Waals surface area contributed by atoms with E-state index >= 15 is 0 Å². The molecule has 0 spiro atoms. The Hall–Kier alpha value is -0.610. The van der Waals surface area contributed by atoms with Crippen LogP contribution in [0.3, 0.4) is 0 Å². The van der Waals surface area contributed by atoms with Crippen molar-refractivity contribution in [3.05, 3.63) is 0 Å². The fourth-order valence-electron chi connectivity index (χ4n) is 2.96. The molecular weight excluding hydrogens is 190 g/mol. The summed E-state index contributed by atoms with van der Waals surface area (Å²) in [4.78, 5) is 16.4. The van der Waals surface area contributed by atoms with Gasteiger partial charge in [0, 0.05) is 25.2 Å². The summed E-state index contributed by atoms with van der Waals surface area (Å²) in [5.74, 6) is 0.299. The molecule has 2 saturated heterocycles. The Morgan fingerprint density at radius 2 is 2.20 bits per heavy atom. The van der Waals surface area contributed by atoms with E-state index in [1.54, 1.807) is 0 Å². The first-order chi connectivity index (χ1) is 7.17. The van der Waals surface area contributed by atoms with Crippen LogP contribution in [0.15, 0.2) is 0 Å². The van der Waals surface area contributed by atoms with Crippen LogP contribution in [0.4, 0.5) is 0 Å². The van der Waals surface area contributed by atoms with Crippen LogP contribution < -0.4 is 5.32 Å². The smallest absolute Gasteiger partial charge is 0.239 e. The van der Waals surface area contributed by atoms with E-state index in [9.17, 15) is 4.79 Å². The fraction of sp³-hybridized carbons (Fsp3) is 0.909. The summed E-state index contributed by atoms with van der Waals surface area (Å²) in [7, 11) is 1.98. The van der Waals surface area contributed by atoms with Crippen LogP contribution in [0.1, 0.15) is 20.3 Å². The predicted octanol–water partition coefficient (Wildman–Crippen LogP) is -0.101. The van der Waals surface area contributed by atoms with E-state index in [1.807, 2.05) is 18.9 Å². The van der Waals surface area contributed by atoms with Gasteiger partial charge in [-0.1, -0.05) is 6.92 Å². The molecule has 3 atom stereocenters. The summed E-state index contributed by atoms with van der Waals surface area (Å²) >= 11 is 0. The second kappa shape index (κ2) is 4.10. The van der Waals surface area contributed by atoms with Gasteiger partial charge in [0.1, 0.15) is 0 Å². The highest BCUT2D eigenvalue weighted by molar-refractivity contribution is 5.82. The number of likely N-dealkylation sites (N-methyl/N-ethyl adjacent to an activating group) is 2. The molecule has 2 bridgehead atoms. The fourth-order valence-corrected chi connectivity index (χ4v) is 2.96. The van der Waals surface area contributed by atoms with E-state index in [1.165, 1.54) is 6.42 Å². The Kier molecular flexibility index (Phi) is 2.98. The molecule has 0 saturated carbocycles. The van der Waals surface area contributed by atoms with Crippen molar-refractivity contribution in [3.8, 4) is 0 Å². The van der Waals surface area contributed by atoms with Crippen molar-refractivity contribution in [2.75, 3.05) is 26.7 Å². The van der Waals surface area contributed by atoms with E-state index < -0.39 is 0 Å². The van der Waals surface area contributed by atoms with Crippen molar-refractivity contribution in [1.29, 1.82) is 0 Å². The van der Waals surface area contributed by atoms with Gasteiger partial charge in [-0.15, -0.1) is 0 Å². The van der Waals surface area contributed by atoms with Crippen LogP contribution in [-0.4, -0.2) is 60.5 Å². The lowest BCUT2D eigenvalue weighted by molar-refractivity contribution is -0.148. The molecule has 4 nitrogen and oxygen atoms in total. The minimum absolute atomic E-state index is 0.0755. The summed E-state index contributed by atoms with van der Waals surface area (Å²) in [6, 6.07) is 1.09. The van der Waals surface area contributed by atoms with Gasteiger partial charge >= 0.3 is 0 Å². The van der Waals surface area contributed by atoms with Gasteiger partial charge in [0.2, 0.25) is 5.91 Å². The van der Waals surface area contributed by atoms with Crippen molar-refractivity contribution in [2.24, 2.45) is 0 Å². The van der Waals surface area contributed by atoms with Gasteiger partial charge < -0.3 is 10.2 Å². The molecule has 0 aliphatic carbocycles. The zero-order valence-corrected chi connectivity index (χ0v) is 9.86. The second-order valence-corrected chi connectivity index (χ2v) is 4.62. The van der Waals surface area contributed by atoms with Gasteiger partial charge in [-0.2, -0.15) is 0 Å². The topological polar surface area (TPSA) is 35.6 Å². The maximum absolute atomic E-state index is 12.0. The first-order valence-corrected chi connectivity index (χ1v) is 5.89. The highest BCUT2D eigenvalue weighted by atomic mass is 16.2. The summed E-state index contributed by atoms with van der Waals surface area (Å²) < 4.78 is 0. The highest BCUT2D eigenvalue weighted by Crippen LogP contribution is 2.24. The Balaban J connectivity index is 2.16. The largest absolute Gasteiger partial charge is 0.338 e. The third kappa shape index (κ3) is 1.76. The molecule has 0 aromatic heterocycles. The Labute approximate surface area is 91.6 Å². The maximum atomic E-state index is 12.0. The molecular formula is C11H21N3O. The van der Waals surface area contributed by atoms with Gasteiger partial charge in [0.05, 0.1) is 6.04 Å². The number of hydrogen-bond donors (Lipinski definition) is 1. The van der Waals surface area contributed by atoms with Crippen LogP contribution in [0.2, 0.25) is 0 Å². The van der Waals surface area contributed by atoms with Crippen molar-refractivity contribution >= 4 is 5.91 Å². The summed E-state index contributed by atoms with van der Waals surface area (Å²) in [5.41, 5.74) is 0. The molecule has 4 heteroatoms. The van der Waals surface area contributed by atoms with Gasteiger partial charge in [-0.25, -0.2) is 0 Å². The quantitative estimate of drug-likeness (QED) is 0.693. The number of nitrogens with zero attached hydrogens (tertiary/aromatic N) is 2. The van der Waals surface area contributed by atoms with E-state index in [0.717, 1.165) is 19.6 Å². The molecule has 0 radical (unpaired) electrons. The van der Waals surface area contributed by atoms with Crippen LogP contribution in [0.5, 0.6) is 0 Å². The Morgan fingerprint density at radius 1 is 1.47 bits per heavy atom. The van der Waals surface area contributed by atoms with Crippen LogP contribution in [0, 0.1) is 0 Å². The molecule has 2 aliphatic heterocycles. The zero-order chi connectivity index (χ0) is 11.0. The van der Waals surface area contributed by atoms with E-state index in [0.29, 0.717) is 18.0 Å². The first kappa shape index (κ1) is 10.9. The molecule has 15 heavy (non-hydrogen) atoms. The summed E-state index contributed by atoms with van der Waals surface area (Å²) in [6.07, 6.45) is 1.17. The van der Waals surface area contributed by atoms with Crippen LogP contribution >= 0.6 is 0 Å². The monoisotopic (exact) mass is 211 g/mol. The lowest BCUT2D eigenvalue weighted by Crippen LogP contribution is -2.66. The molecule has 2 fully saturated rings. The van der Waals surface area contributed by atoms with Crippen molar-refractivity contribution in [3.63, 3.8) is 0 Å². The molecule has 2 rings (SSSR count). The average Bonchev–Trinajstić information content (AvgIpc) is 2.27. The molecule has 0 aromatic rings. The normalized spacial score (nSPS) is 37.1. The molecule has 1 N–H and O–H groups in total. The molecule has 0 aromatic carbocycles. The first-order valence-electron chi connectivity index (χ1n) is 5.89. The molecule has 2 unspecified atom stereocenters. The third-order valence-electron chi connectivity index (χ3n) is 3.84. The number of carbonyl (C=O) groups excluding carboxylic acids is 1. The highest BCUT2D eigenvalue weighted by Gasteiger charge is 2.41. The number of piperazine rings is 1. The number of carbonyl (C=O) groups is 1. The lowest BCUT2D eigenvalue weighted by Gasteiger charge is -2.50. The summed E-state index contributed by atoms with van der Waals surface area (Å²) in [6.45, 7) is 6.96. The lowest BCUT2D eigenvalue weighted by atomic mass is 9.94.